The lowest BCUT2D eigenvalue weighted by molar-refractivity contribution is 0.531. The number of rotatable bonds is 6. The summed E-state index contributed by atoms with van der Waals surface area (Å²) in [6.45, 7) is 6.45. The summed E-state index contributed by atoms with van der Waals surface area (Å²) in [5.74, 6) is 0. The Labute approximate surface area is 79.4 Å². The van der Waals surface area contributed by atoms with Crippen LogP contribution in [-0.4, -0.2) is 27.4 Å². The number of nitrogens with one attached hydrogen (secondary N) is 1. The van der Waals surface area contributed by atoms with Gasteiger partial charge in [0, 0.05) is 12.6 Å². The van der Waals surface area contributed by atoms with E-state index >= 15 is 0 Å². The molecule has 0 aliphatic carbocycles. The van der Waals surface area contributed by atoms with Gasteiger partial charge in [0.1, 0.15) is 12.7 Å². The van der Waals surface area contributed by atoms with E-state index in [1.807, 2.05) is 4.57 Å². The molecule has 0 atom stereocenters. The van der Waals surface area contributed by atoms with Crippen molar-refractivity contribution < 1.29 is 0 Å². The molecule has 1 N–H and O–H groups in total. The summed E-state index contributed by atoms with van der Waals surface area (Å²) >= 11 is 0. The van der Waals surface area contributed by atoms with E-state index in [2.05, 4.69) is 29.4 Å². The highest BCUT2D eigenvalue weighted by molar-refractivity contribution is 4.60. The molecule has 1 aromatic rings. The maximum Gasteiger partial charge on any atom is 0.119 e. The fourth-order valence-corrected chi connectivity index (χ4v) is 1.15. The summed E-state index contributed by atoms with van der Waals surface area (Å²) < 4.78 is 2.01. The van der Waals surface area contributed by atoms with Crippen molar-refractivity contribution in [3.63, 3.8) is 0 Å². The second-order valence-electron chi connectivity index (χ2n) is 3.52. The van der Waals surface area contributed by atoms with Crippen LogP contribution in [0.4, 0.5) is 0 Å². The van der Waals surface area contributed by atoms with E-state index in [9.17, 15) is 0 Å². The number of aromatic nitrogens is 3. The fraction of sp³-hybridized carbons (Fsp3) is 0.778. The first-order chi connectivity index (χ1) is 6.29. The van der Waals surface area contributed by atoms with Gasteiger partial charge in [0.25, 0.3) is 0 Å². The molecule has 0 aliphatic heterocycles. The zero-order chi connectivity index (χ0) is 9.52. The maximum atomic E-state index is 3.75. The van der Waals surface area contributed by atoms with Crippen molar-refractivity contribution in [2.75, 3.05) is 6.54 Å². The van der Waals surface area contributed by atoms with Crippen molar-refractivity contribution in [1.29, 1.82) is 0 Å². The molecule has 0 amide bonds. The molecule has 0 aliphatic rings. The zero-order valence-corrected chi connectivity index (χ0v) is 8.40. The van der Waals surface area contributed by atoms with Gasteiger partial charge in [-0.1, -0.05) is 13.8 Å². The Morgan fingerprint density at radius 3 is 2.54 bits per heavy atom. The van der Waals surface area contributed by atoms with Crippen LogP contribution in [0.15, 0.2) is 12.7 Å². The lowest BCUT2D eigenvalue weighted by atomic mass is 10.3. The summed E-state index contributed by atoms with van der Waals surface area (Å²) in [6.07, 6.45) is 5.90. The third kappa shape index (κ3) is 4.62. The molecule has 0 saturated carbocycles. The van der Waals surface area contributed by atoms with Crippen molar-refractivity contribution >= 4 is 0 Å². The SMILES string of the molecule is CC(C)NCCCCn1cnnc1. The molecule has 13 heavy (non-hydrogen) atoms. The van der Waals surface area contributed by atoms with Crippen LogP contribution in [0.2, 0.25) is 0 Å². The van der Waals surface area contributed by atoms with Crippen LogP contribution >= 0.6 is 0 Å². The first-order valence-electron chi connectivity index (χ1n) is 4.85. The molecular formula is C9H18N4. The van der Waals surface area contributed by atoms with E-state index in [0.29, 0.717) is 6.04 Å². The summed E-state index contributed by atoms with van der Waals surface area (Å²) in [5.41, 5.74) is 0. The summed E-state index contributed by atoms with van der Waals surface area (Å²) in [7, 11) is 0. The van der Waals surface area contributed by atoms with Gasteiger partial charge < -0.3 is 9.88 Å². The van der Waals surface area contributed by atoms with Crippen molar-refractivity contribution in [3.05, 3.63) is 12.7 Å². The van der Waals surface area contributed by atoms with E-state index in [1.54, 1.807) is 12.7 Å². The number of hydrogen-bond acceptors (Lipinski definition) is 3. The molecule has 1 rings (SSSR count). The molecule has 0 unspecified atom stereocenters. The third-order valence-corrected chi connectivity index (χ3v) is 1.86. The Balaban J connectivity index is 1.96. The average Bonchev–Trinajstić information content (AvgIpc) is 2.55. The summed E-state index contributed by atoms with van der Waals surface area (Å²) in [5, 5.41) is 10.9. The first kappa shape index (κ1) is 10.2. The number of aryl methyl sites for hydroxylation is 1. The fourth-order valence-electron chi connectivity index (χ4n) is 1.15. The van der Waals surface area contributed by atoms with Crippen LogP contribution in [0.1, 0.15) is 26.7 Å². The van der Waals surface area contributed by atoms with Crippen LogP contribution < -0.4 is 5.32 Å². The van der Waals surface area contributed by atoms with Crippen molar-refractivity contribution in [2.24, 2.45) is 0 Å². The molecule has 0 bridgehead atoms. The molecule has 0 spiro atoms. The van der Waals surface area contributed by atoms with Gasteiger partial charge in [-0.05, 0) is 19.4 Å². The second kappa shape index (κ2) is 5.70. The van der Waals surface area contributed by atoms with Crippen molar-refractivity contribution in [1.82, 2.24) is 20.1 Å². The van der Waals surface area contributed by atoms with Crippen LogP contribution in [-0.2, 0) is 6.54 Å². The quantitative estimate of drug-likeness (QED) is 0.669. The zero-order valence-electron chi connectivity index (χ0n) is 8.40. The minimum atomic E-state index is 0.593. The Bertz CT molecular complexity index is 205. The smallest absolute Gasteiger partial charge is 0.119 e. The first-order valence-corrected chi connectivity index (χ1v) is 4.85. The highest BCUT2D eigenvalue weighted by atomic mass is 15.2. The standard InChI is InChI=1S/C9H18N4/c1-9(2)10-5-3-4-6-13-7-11-12-8-13/h7-10H,3-6H2,1-2H3. The molecule has 0 aromatic carbocycles. The Morgan fingerprint density at radius 1 is 1.23 bits per heavy atom. The van der Waals surface area contributed by atoms with Crippen molar-refractivity contribution in [3.8, 4) is 0 Å². The van der Waals surface area contributed by atoms with Gasteiger partial charge in [-0.2, -0.15) is 0 Å². The Morgan fingerprint density at radius 2 is 1.92 bits per heavy atom. The lowest BCUT2D eigenvalue weighted by Crippen LogP contribution is -2.23. The molecule has 0 saturated heterocycles. The second-order valence-corrected chi connectivity index (χ2v) is 3.52. The number of hydrogen-bond donors (Lipinski definition) is 1. The predicted octanol–water partition coefficient (Wildman–Crippen LogP) is 1.06. The summed E-state index contributed by atoms with van der Waals surface area (Å²) in [4.78, 5) is 0. The molecule has 0 radical (unpaired) electrons. The van der Waals surface area contributed by atoms with Crippen LogP contribution in [0, 0.1) is 0 Å². The molecule has 1 aromatic heterocycles. The van der Waals surface area contributed by atoms with E-state index in [1.165, 1.54) is 12.8 Å². The van der Waals surface area contributed by atoms with E-state index in [-0.39, 0.29) is 0 Å². The van der Waals surface area contributed by atoms with Gasteiger partial charge in [-0.15, -0.1) is 10.2 Å². The minimum Gasteiger partial charge on any atom is -0.320 e. The van der Waals surface area contributed by atoms with Gasteiger partial charge in [0.15, 0.2) is 0 Å². The monoisotopic (exact) mass is 182 g/mol. The van der Waals surface area contributed by atoms with E-state index in [4.69, 9.17) is 0 Å². The van der Waals surface area contributed by atoms with E-state index in [0.717, 1.165) is 13.1 Å². The van der Waals surface area contributed by atoms with Gasteiger partial charge >= 0.3 is 0 Å². The van der Waals surface area contributed by atoms with Gasteiger partial charge in [-0.25, -0.2) is 0 Å². The van der Waals surface area contributed by atoms with E-state index < -0.39 is 0 Å². The topological polar surface area (TPSA) is 42.7 Å². The van der Waals surface area contributed by atoms with Gasteiger partial charge in [-0.3, -0.25) is 0 Å². The highest BCUT2D eigenvalue weighted by Crippen LogP contribution is 1.93. The predicted molar refractivity (Wildman–Crippen MR) is 52.4 cm³/mol. The van der Waals surface area contributed by atoms with Crippen molar-refractivity contribution in [2.45, 2.75) is 39.3 Å². The number of nitrogens with zero attached hydrogens (tertiary/aromatic N) is 3. The molecule has 1 heterocycles. The number of unbranched alkanes of at least 4 members (excludes halogenated alkanes) is 1. The lowest BCUT2D eigenvalue weighted by Gasteiger charge is -2.07. The van der Waals surface area contributed by atoms with Crippen LogP contribution in [0.3, 0.4) is 0 Å². The average molecular weight is 182 g/mol. The largest absolute Gasteiger partial charge is 0.320 e. The third-order valence-electron chi connectivity index (χ3n) is 1.86. The minimum absolute atomic E-state index is 0.593. The van der Waals surface area contributed by atoms with Crippen LogP contribution in [0.5, 0.6) is 0 Å². The molecule has 0 fully saturated rings. The molecule has 4 nitrogen and oxygen atoms in total. The van der Waals surface area contributed by atoms with Gasteiger partial charge in [0.05, 0.1) is 0 Å². The maximum absolute atomic E-state index is 3.75. The Hall–Kier alpha value is -0.900. The summed E-state index contributed by atoms with van der Waals surface area (Å²) in [6, 6.07) is 0.593. The normalized spacial score (nSPS) is 11.0. The van der Waals surface area contributed by atoms with Crippen LogP contribution in [0.25, 0.3) is 0 Å². The Kier molecular flexibility index (Phi) is 4.46. The highest BCUT2D eigenvalue weighted by Gasteiger charge is 1.93. The van der Waals surface area contributed by atoms with Gasteiger partial charge in [0.2, 0.25) is 0 Å². The molecule has 74 valence electrons. The molecular weight excluding hydrogens is 164 g/mol. The molecule has 4 heteroatoms.